The van der Waals surface area contributed by atoms with Gasteiger partial charge >= 0.3 is 0 Å². The number of piperidine rings is 1. The number of pyridine rings is 1. The number of aromatic nitrogens is 1. The highest BCUT2D eigenvalue weighted by Crippen LogP contribution is 2.65. The van der Waals surface area contributed by atoms with Crippen molar-refractivity contribution in [1.82, 2.24) is 9.88 Å². The third-order valence-corrected chi connectivity index (χ3v) is 7.55. The Morgan fingerprint density at radius 1 is 1.21 bits per heavy atom. The Kier molecular flexibility index (Phi) is 5.89. The first-order valence-corrected chi connectivity index (χ1v) is 12.0. The van der Waals surface area contributed by atoms with Crippen molar-refractivity contribution in [2.45, 2.75) is 57.8 Å². The van der Waals surface area contributed by atoms with Crippen LogP contribution in [0.5, 0.6) is 11.5 Å². The zero-order valence-corrected chi connectivity index (χ0v) is 19.4. The lowest BCUT2D eigenvalue weighted by Gasteiger charge is -2.61. The van der Waals surface area contributed by atoms with Gasteiger partial charge in [-0.2, -0.15) is 0 Å². The van der Waals surface area contributed by atoms with Gasteiger partial charge in [-0.1, -0.05) is 6.92 Å². The van der Waals surface area contributed by atoms with E-state index in [1.807, 2.05) is 24.4 Å². The van der Waals surface area contributed by atoms with Crippen LogP contribution in [0.1, 0.15) is 45.4 Å². The molecule has 0 radical (unpaired) electrons. The molecule has 3 saturated carbocycles. The number of carbonyl (C=O) groups is 1. The summed E-state index contributed by atoms with van der Waals surface area (Å²) in [7, 11) is 1.66. The summed E-state index contributed by atoms with van der Waals surface area (Å²) in [5, 5.41) is 0. The van der Waals surface area contributed by atoms with Gasteiger partial charge in [0.25, 0.3) is 0 Å². The second kappa shape index (κ2) is 8.84. The van der Waals surface area contributed by atoms with Crippen LogP contribution in [0.25, 0.3) is 0 Å². The lowest BCUT2D eigenvalue weighted by Crippen LogP contribution is -2.62. The van der Waals surface area contributed by atoms with Crippen molar-refractivity contribution < 1.29 is 18.7 Å². The number of benzene rings is 1. The van der Waals surface area contributed by atoms with E-state index in [0.717, 1.165) is 68.2 Å². The van der Waals surface area contributed by atoms with Gasteiger partial charge in [-0.15, -0.1) is 0 Å². The second-order valence-electron chi connectivity index (χ2n) is 9.63. The summed E-state index contributed by atoms with van der Waals surface area (Å²) in [5.74, 6) is 2.42. The summed E-state index contributed by atoms with van der Waals surface area (Å²) in [4.78, 5) is 21.7. The number of carbonyl (C=O) groups excluding carboxylic acids is 1. The van der Waals surface area contributed by atoms with E-state index in [0.29, 0.717) is 18.1 Å². The number of anilines is 2. The van der Waals surface area contributed by atoms with Crippen LogP contribution in [-0.4, -0.2) is 48.4 Å². The zero-order chi connectivity index (χ0) is 23.0. The molecular formula is C26H32FN3O3. The Morgan fingerprint density at radius 3 is 2.48 bits per heavy atom. The number of halogens is 1. The summed E-state index contributed by atoms with van der Waals surface area (Å²) in [6.45, 7) is 3.27. The van der Waals surface area contributed by atoms with Gasteiger partial charge in [0.2, 0.25) is 12.3 Å². The molecule has 3 aliphatic carbocycles. The molecule has 1 aromatic carbocycles. The number of likely N-dealkylation sites (tertiary alicyclic amines) is 1. The number of ether oxygens (including phenoxy) is 2. The van der Waals surface area contributed by atoms with E-state index in [1.165, 1.54) is 0 Å². The highest BCUT2D eigenvalue weighted by molar-refractivity contribution is 5.86. The van der Waals surface area contributed by atoms with Crippen LogP contribution in [0.15, 0.2) is 42.7 Å². The average Bonchev–Trinajstić information content (AvgIpc) is 2.79. The Balaban J connectivity index is 1.36. The Bertz CT molecular complexity index is 974. The number of hydrogen-bond acceptors (Lipinski definition) is 5. The molecule has 1 saturated heterocycles. The van der Waals surface area contributed by atoms with Crippen molar-refractivity contribution in [1.29, 1.82) is 0 Å². The molecule has 6 rings (SSSR count). The molecule has 33 heavy (non-hydrogen) atoms. The van der Waals surface area contributed by atoms with Crippen LogP contribution < -0.4 is 14.4 Å². The van der Waals surface area contributed by atoms with Gasteiger partial charge in [0.1, 0.15) is 17.2 Å². The maximum absolute atomic E-state index is 13.7. The van der Waals surface area contributed by atoms with Crippen LogP contribution in [0.4, 0.5) is 15.8 Å². The minimum absolute atomic E-state index is 0.0215. The van der Waals surface area contributed by atoms with Gasteiger partial charge < -0.3 is 19.3 Å². The fraction of sp³-hybridized carbons (Fsp3) is 0.538. The first-order chi connectivity index (χ1) is 16.0. The molecule has 1 unspecified atom stereocenters. The van der Waals surface area contributed by atoms with Crippen molar-refractivity contribution in [3.05, 3.63) is 42.7 Å². The molecule has 0 N–H and O–H groups in total. The average molecular weight is 454 g/mol. The van der Waals surface area contributed by atoms with Crippen molar-refractivity contribution in [2.24, 2.45) is 11.3 Å². The van der Waals surface area contributed by atoms with Crippen LogP contribution in [0.2, 0.25) is 0 Å². The molecule has 2 heterocycles. The SMILES string of the molecule is CCC(F)Oc1ccc(N(c2cnccc2OC)C2CCN(C(=O)C34CC(C3)C4)CC2)cc1. The monoisotopic (exact) mass is 453 g/mol. The van der Waals surface area contributed by atoms with Gasteiger partial charge in [-0.3, -0.25) is 9.78 Å². The second-order valence-corrected chi connectivity index (χ2v) is 9.63. The number of hydrogen-bond donors (Lipinski definition) is 0. The fourth-order valence-corrected chi connectivity index (χ4v) is 5.59. The first kappa shape index (κ1) is 22.0. The van der Waals surface area contributed by atoms with E-state index in [1.54, 1.807) is 32.4 Å². The Labute approximate surface area is 194 Å². The quantitative estimate of drug-likeness (QED) is 0.556. The highest BCUT2D eigenvalue weighted by Gasteiger charge is 2.62. The predicted octanol–water partition coefficient (Wildman–Crippen LogP) is 5.10. The number of rotatable bonds is 8. The third-order valence-electron chi connectivity index (χ3n) is 7.55. The molecule has 176 valence electrons. The molecule has 1 atom stereocenters. The number of amides is 1. The third kappa shape index (κ3) is 4.02. The molecule has 4 aliphatic rings. The van der Waals surface area contributed by atoms with Gasteiger partial charge in [0.05, 0.1) is 18.7 Å². The molecule has 4 fully saturated rings. The van der Waals surface area contributed by atoms with E-state index in [4.69, 9.17) is 9.47 Å². The minimum Gasteiger partial charge on any atom is -0.494 e. The summed E-state index contributed by atoms with van der Waals surface area (Å²) in [6, 6.07) is 9.55. The molecule has 2 bridgehead atoms. The molecule has 6 nitrogen and oxygen atoms in total. The molecule has 1 aromatic heterocycles. The van der Waals surface area contributed by atoms with Gasteiger partial charge in [-0.05, 0) is 62.3 Å². The van der Waals surface area contributed by atoms with Crippen molar-refractivity contribution in [3.8, 4) is 11.5 Å². The zero-order valence-electron chi connectivity index (χ0n) is 19.4. The predicted molar refractivity (Wildman–Crippen MR) is 125 cm³/mol. The standard InChI is InChI=1S/C26H32FN3O3/c1-3-24(27)33-21-6-4-19(5-7-21)30(22-17-28-11-8-23(22)32-2)20-9-12-29(13-10-20)25(31)26-14-18(15-26)16-26/h4-8,11,17-18,20,24H,3,9-10,12-16H2,1-2H3. The maximum atomic E-state index is 13.7. The first-order valence-electron chi connectivity index (χ1n) is 12.0. The normalized spacial score (nSPS) is 24.9. The smallest absolute Gasteiger partial charge is 0.238 e. The van der Waals surface area contributed by atoms with Gasteiger partial charge in [0, 0.05) is 43.5 Å². The van der Waals surface area contributed by atoms with E-state index >= 15 is 0 Å². The van der Waals surface area contributed by atoms with Crippen LogP contribution >= 0.6 is 0 Å². The molecule has 2 aromatic rings. The number of alkyl halides is 1. The minimum atomic E-state index is -1.31. The van der Waals surface area contributed by atoms with E-state index in [-0.39, 0.29) is 11.5 Å². The molecule has 0 spiro atoms. The molecular weight excluding hydrogens is 421 g/mol. The lowest BCUT2D eigenvalue weighted by molar-refractivity contribution is -0.177. The van der Waals surface area contributed by atoms with E-state index in [9.17, 15) is 9.18 Å². The van der Waals surface area contributed by atoms with E-state index in [2.05, 4.69) is 14.8 Å². The topological polar surface area (TPSA) is 54.9 Å². The Morgan fingerprint density at radius 2 is 1.91 bits per heavy atom. The Hall–Kier alpha value is -2.83. The van der Waals surface area contributed by atoms with Crippen LogP contribution in [0.3, 0.4) is 0 Å². The van der Waals surface area contributed by atoms with Gasteiger partial charge in [0.15, 0.2) is 0 Å². The number of methoxy groups -OCH3 is 1. The van der Waals surface area contributed by atoms with E-state index < -0.39 is 6.36 Å². The molecule has 7 heteroatoms. The summed E-state index contributed by atoms with van der Waals surface area (Å²) >= 11 is 0. The largest absolute Gasteiger partial charge is 0.494 e. The summed E-state index contributed by atoms with van der Waals surface area (Å²) < 4.78 is 24.6. The van der Waals surface area contributed by atoms with Crippen LogP contribution in [0, 0.1) is 11.3 Å². The lowest BCUT2D eigenvalue weighted by atomic mass is 9.44. The summed E-state index contributed by atoms with van der Waals surface area (Å²) in [5.41, 5.74) is 1.83. The van der Waals surface area contributed by atoms with Crippen LogP contribution in [-0.2, 0) is 4.79 Å². The van der Waals surface area contributed by atoms with Crippen molar-refractivity contribution in [2.75, 3.05) is 25.1 Å². The van der Waals surface area contributed by atoms with Crippen molar-refractivity contribution in [3.63, 3.8) is 0 Å². The van der Waals surface area contributed by atoms with Gasteiger partial charge in [-0.25, -0.2) is 4.39 Å². The number of nitrogens with zero attached hydrogens (tertiary/aromatic N) is 3. The molecule has 1 aliphatic heterocycles. The van der Waals surface area contributed by atoms with Crippen molar-refractivity contribution >= 4 is 17.3 Å². The maximum Gasteiger partial charge on any atom is 0.238 e. The molecule has 1 amide bonds. The fourth-order valence-electron chi connectivity index (χ4n) is 5.59. The highest BCUT2D eigenvalue weighted by atomic mass is 19.1. The summed E-state index contributed by atoms with van der Waals surface area (Å²) in [6.07, 6.45) is 7.54.